The van der Waals surface area contributed by atoms with Crippen molar-refractivity contribution in [2.24, 2.45) is 11.3 Å². The van der Waals surface area contributed by atoms with E-state index in [1.54, 1.807) is 0 Å². The van der Waals surface area contributed by atoms with Gasteiger partial charge in [0.15, 0.2) is 0 Å². The summed E-state index contributed by atoms with van der Waals surface area (Å²) < 4.78 is 0. The van der Waals surface area contributed by atoms with Gasteiger partial charge in [-0.15, -0.1) is 0 Å². The zero-order chi connectivity index (χ0) is 10.7. The van der Waals surface area contributed by atoms with Crippen molar-refractivity contribution in [3.8, 4) is 0 Å². The number of rotatable bonds is 3. The second-order valence-corrected chi connectivity index (χ2v) is 6.04. The van der Waals surface area contributed by atoms with Gasteiger partial charge in [-0.25, -0.2) is 0 Å². The van der Waals surface area contributed by atoms with Crippen molar-refractivity contribution in [3.05, 3.63) is 0 Å². The molecule has 2 nitrogen and oxygen atoms in total. The summed E-state index contributed by atoms with van der Waals surface area (Å²) in [5.74, 6) is 0.919. The molecular formula is C13H26N2. The van der Waals surface area contributed by atoms with Crippen LogP contribution in [-0.2, 0) is 0 Å². The van der Waals surface area contributed by atoms with Crippen molar-refractivity contribution in [1.29, 1.82) is 0 Å². The van der Waals surface area contributed by atoms with E-state index in [-0.39, 0.29) is 0 Å². The van der Waals surface area contributed by atoms with E-state index >= 15 is 0 Å². The van der Waals surface area contributed by atoms with E-state index in [1.165, 1.54) is 51.7 Å². The maximum atomic E-state index is 3.81. The zero-order valence-corrected chi connectivity index (χ0v) is 10.3. The predicted octanol–water partition coefficient (Wildman–Crippen LogP) is 2.15. The Morgan fingerprint density at radius 1 is 1.20 bits per heavy atom. The highest BCUT2D eigenvalue weighted by atomic mass is 15.0. The Bertz CT molecular complexity index is 195. The van der Waals surface area contributed by atoms with E-state index in [4.69, 9.17) is 0 Å². The topological polar surface area (TPSA) is 24.1 Å². The van der Waals surface area contributed by atoms with E-state index in [0.717, 1.165) is 12.0 Å². The van der Waals surface area contributed by atoms with E-state index in [1.807, 2.05) is 0 Å². The van der Waals surface area contributed by atoms with Crippen molar-refractivity contribution in [2.45, 2.75) is 52.0 Å². The lowest BCUT2D eigenvalue weighted by Crippen LogP contribution is -2.42. The van der Waals surface area contributed by atoms with Gasteiger partial charge < -0.3 is 10.6 Å². The molecule has 2 fully saturated rings. The molecule has 0 aromatic carbocycles. The van der Waals surface area contributed by atoms with Crippen LogP contribution < -0.4 is 10.6 Å². The first-order valence-electron chi connectivity index (χ1n) is 6.62. The molecule has 1 unspecified atom stereocenters. The van der Waals surface area contributed by atoms with Crippen molar-refractivity contribution >= 4 is 0 Å². The molecule has 1 aliphatic carbocycles. The fraction of sp³-hybridized carbons (Fsp3) is 1.00. The Balaban J connectivity index is 1.72. The van der Waals surface area contributed by atoms with Gasteiger partial charge in [0.1, 0.15) is 0 Å². The summed E-state index contributed by atoms with van der Waals surface area (Å²) in [6.07, 6.45) is 6.92. The van der Waals surface area contributed by atoms with Crippen LogP contribution >= 0.6 is 0 Å². The summed E-state index contributed by atoms with van der Waals surface area (Å²) in [4.78, 5) is 0. The second-order valence-electron chi connectivity index (χ2n) is 6.04. The van der Waals surface area contributed by atoms with Gasteiger partial charge in [-0.2, -0.15) is 0 Å². The number of hydrogen-bond donors (Lipinski definition) is 2. The summed E-state index contributed by atoms with van der Waals surface area (Å²) in [7, 11) is 0. The van der Waals surface area contributed by atoms with Crippen molar-refractivity contribution in [1.82, 2.24) is 10.6 Å². The highest BCUT2D eigenvalue weighted by Gasteiger charge is 2.34. The molecule has 1 heterocycles. The summed E-state index contributed by atoms with van der Waals surface area (Å²) in [5, 5.41) is 7.24. The van der Waals surface area contributed by atoms with Gasteiger partial charge in [0.2, 0.25) is 0 Å². The van der Waals surface area contributed by atoms with Crippen LogP contribution in [0.5, 0.6) is 0 Å². The fourth-order valence-electron chi connectivity index (χ4n) is 3.10. The maximum absolute atomic E-state index is 3.81. The lowest BCUT2D eigenvalue weighted by atomic mass is 9.87. The molecule has 1 saturated heterocycles. The minimum absolute atomic E-state index is 0.535. The highest BCUT2D eigenvalue weighted by molar-refractivity contribution is 4.90. The van der Waals surface area contributed by atoms with Gasteiger partial charge in [0.05, 0.1) is 0 Å². The van der Waals surface area contributed by atoms with Crippen LogP contribution in [-0.4, -0.2) is 25.7 Å². The first-order valence-corrected chi connectivity index (χ1v) is 6.62. The molecule has 2 aliphatic rings. The third-order valence-electron chi connectivity index (χ3n) is 4.37. The summed E-state index contributed by atoms with van der Waals surface area (Å²) >= 11 is 0. The summed E-state index contributed by atoms with van der Waals surface area (Å²) in [6, 6.07) is 0.771. The molecule has 1 saturated carbocycles. The van der Waals surface area contributed by atoms with Gasteiger partial charge in [-0.1, -0.05) is 20.3 Å². The summed E-state index contributed by atoms with van der Waals surface area (Å²) in [6.45, 7) is 8.52. The van der Waals surface area contributed by atoms with E-state index < -0.39 is 0 Å². The van der Waals surface area contributed by atoms with Crippen LogP contribution in [0, 0.1) is 11.3 Å². The second kappa shape index (κ2) is 4.84. The van der Waals surface area contributed by atoms with Gasteiger partial charge in [0, 0.05) is 6.04 Å². The van der Waals surface area contributed by atoms with Gasteiger partial charge in [0.25, 0.3) is 0 Å². The minimum atomic E-state index is 0.535. The molecule has 0 amide bonds. The molecule has 1 atom stereocenters. The molecule has 0 radical (unpaired) electrons. The Morgan fingerprint density at radius 2 is 1.93 bits per heavy atom. The molecule has 15 heavy (non-hydrogen) atoms. The van der Waals surface area contributed by atoms with E-state index in [0.29, 0.717) is 5.41 Å². The average molecular weight is 210 g/mol. The van der Waals surface area contributed by atoms with Crippen LogP contribution in [0.25, 0.3) is 0 Å². The lowest BCUT2D eigenvalue weighted by molar-refractivity contribution is 0.257. The van der Waals surface area contributed by atoms with Crippen LogP contribution in [0.2, 0.25) is 0 Å². The van der Waals surface area contributed by atoms with E-state index in [2.05, 4.69) is 24.5 Å². The Kier molecular flexibility index (Phi) is 3.68. The van der Waals surface area contributed by atoms with E-state index in [9.17, 15) is 0 Å². The highest BCUT2D eigenvalue weighted by Crippen LogP contribution is 2.37. The third kappa shape index (κ3) is 2.94. The van der Waals surface area contributed by atoms with Crippen LogP contribution in [0.3, 0.4) is 0 Å². The molecular weight excluding hydrogens is 184 g/mol. The first-order chi connectivity index (χ1) is 7.18. The summed E-state index contributed by atoms with van der Waals surface area (Å²) in [5.41, 5.74) is 0.535. The molecule has 0 aromatic heterocycles. The molecule has 2 rings (SSSR count). The number of piperidine rings is 1. The third-order valence-corrected chi connectivity index (χ3v) is 4.37. The molecule has 0 spiro atoms. The molecule has 88 valence electrons. The lowest BCUT2D eigenvalue weighted by Gasteiger charge is -2.31. The monoisotopic (exact) mass is 210 g/mol. The molecule has 0 aromatic rings. The van der Waals surface area contributed by atoms with Gasteiger partial charge >= 0.3 is 0 Å². The Hall–Kier alpha value is -0.0800. The normalized spacial score (nSPS) is 32.0. The smallest absolute Gasteiger partial charge is 0.0118 e. The molecule has 2 heteroatoms. The van der Waals surface area contributed by atoms with Crippen molar-refractivity contribution in [2.75, 3.05) is 19.6 Å². The molecule has 0 bridgehead atoms. The fourth-order valence-corrected chi connectivity index (χ4v) is 3.10. The molecule has 2 N–H and O–H groups in total. The minimum Gasteiger partial charge on any atom is -0.317 e. The SMILES string of the molecule is CC1(C)CCCC1NCC1CCNCC1. The predicted molar refractivity (Wildman–Crippen MR) is 65.0 cm³/mol. The first kappa shape index (κ1) is 11.4. The quantitative estimate of drug-likeness (QED) is 0.746. The maximum Gasteiger partial charge on any atom is 0.0118 e. The average Bonchev–Trinajstić information content (AvgIpc) is 2.56. The number of nitrogens with one attached hydrogen (secondary N) is 2. The van der Waals surface area contributed by atoms with Crippen LogP contribution in [0.4, 0.5) is 0 Å². The van der Waals surface area contributed by atoms with Gasteiger partial charge in [-0.3, -0.25) is 0 Å². The van der Waals surface area contributed by atoms with Crippen molar-refractivity contribution in [3.63, 3.8) is 0 Å². The van der Waals surface area contributed by atoms with Crippen LogP contribution in [0.15, 0.2) is 0 Å². The van der Waals surface area contributed by atoms with Crippen LogP contribution in [0.1, 0.15) is 46.0 Å². The Labute approximate surface area is 94.2 Å². The van der Waals surface area contributed by atoms with Crippen molar-refractivity contribution < 1.29 is 0 Å². The Morgan fingerprint density at radius 3 is 2.53 bits per heavy atom. The zero-order valence-electron chi connectivity index (χ0n) is 10.3. The standard InChI is InChI=1S/C13H26N2/c1-13(2)7-3-4-12(13)15-10-11-5-8-14-9-6-11/h11-12,14-15H,3-10H2,1-2H3. The van der Waals surface area contributed by atoms with Gasteiger partial charge in [-0.05, 0) is 56.7 Å². The largest absolute Gasteiger partial charge is 0.317 e. The molecule has 1 aliphatic heterocycles. The number of hydrogen-bond acceptors (Lipinski definition) is 2.